The van der Waals surface area contributed by atoms with Gasteiger partial charge in [-0.15, -0.1) is 10.2 Å². The van der Waals surface area contributed by atoms with Crippen LogP contribution in [0.15, 0.2) is 12.1 Å². The molecule has 80 valence electrons. The van der Waals surface area contributed by atoms with Crippen molar-refractivity contribution in [1.29, 1.82) is 0 Å². The lowest BCUT2D eigenvalue weighted by Crippen LogP contribution is -2.33. The van der Waals surface area contributed by atoms with E-state index in [2.05, 4.69) is 20.9 Å². The van der Waals surface area contributed by atoms with Crippen LogP contribution in [-0.2, 0) is 4.79 Å². The number of nitrogen functional groups attached to an aromatic ring is 1. The SMILES string of the molecule is NNc1ccc(C(=O)NCC(N)=O)nn1. The molecule has 0 spiro atoms. The second kappa shape index (κ2) is 4.86. The normalized spacial score (nSPS) is 9.40. The van der Waals surface area contributed by atoms with Crippen molar-refractivity contribution in [3.05, 3.63) is 17.8 Å². The molecule has 8 heteroatoms. The molecular weight excluding hydrogens is 200 g/mol. The Hall–Kier alpha value is -2.22. The van der Waals surface area contributed by atoms with Gasteiger partial charge in [0.2, 0.25) is 5.91 Å². The van der Waals surface area contributed by atoms with Crippen LogP contribution < -0.4 is 22.3 Å². The number of nitrogens with zero attached hydrogens (tertiary/aromatic N) is 2. The van der Waals surface area contributed by atoms with Gasteiger partial charge in [0.15, 0.2) is 11.5 Å². The summed E-state index contributed by atoms with van der Waals surface area (Å²) >= 11 is 0. The highest BCUT2D eigenvalue weighted by atomic mass is 16.2. The molecule has 1 rings (SSSR count). The number of hydrogen-bond donors (Lipinski definition) is 4. The molecule has 0 unspecified atom stereocenters. The number of primary amides is 1. The van der Waals surface area contributed by atoms with Gasteiger partial charge in [0.05, 0.1) is 6.54 Å². The molecule has 0 aliphatic heterocycles. The second-order valence-electron chi connectivity index (χ2n) is 2.60. The van der Waals surface area contributed by atoms with Crippen LogP contribution in [0, 0.1) is 0 Å². The molecule has 1 aromatic heterocycles. The van der Waals surface area contributed by atoms with Crippen LogP contribution in [-0.4, -0.2) is 28.6 Å². The third-order valence-electron chi connectivity index (χ3n) is 1.47. The molecule has 2 amide bonds. The number of nitrogens with two attached hydrogens (primary N) is 2. The van der Waals surface area contributed by atoms with E-state index in [1.54, 1.807) is 0 Å². The van der Waals surface area contributed by atoms with E-state index in [0.29, 0.717) is 5.82 Å². The average molecular weight is 210 g/mol. The number of amides is 2. The topological polar surface area (TPSA) is 136 Å². The molecule has 0 aliphatic rings. The summed E-state index contributed by atoms with van der Waals surface area (Å²) in [6.07, 6.45) is 0. The van der Waals surface area contributed by atoms with Gasteiger partial charge < -0.3 is 16.5 Å². The van der Waals surface area contributed by atoms with Crippen LogP contribution in [0.25, 0.3) is 0 Å². The number of aromatic nitrogens is 2. The van der Waals surface area contributed by atoms with Crippen molar-refractivity contribution in [3.63, 3.8) is 0 Å². The van der Waals surface area contributed by atoms with E-state index in [-0.39, 0.29) is 12.2 Å². The number of carbonyl (C=O) groups excluding carboxylic acids is 2. The largest absolute Gasteiger partial charge is 0.368 e. The van der Waals surface area contributed by atoms with Crippen molar-refractivity contribution in [2.75, 3.05) is 12.0 Å². The van der Waals surface area contributed by atoms with Crippen LogP contribution in [0.2, 0.25) is 0 Å². The molecular formula is C7H10N6O2. The van der Waals surface area contributed by atoms with Crippen molar-refractivity contribution >= 4 is 17.6 Å². The maximum atomic E-state index is 11.3. The van der Waals surface area contributed by atoms with Crippen LogP contribution in [0.4, 0.5) is 5.82 Å². The van der Waals surface area contributed by atoms with Gasteiger partial charge >= 0.3 is 0 Å². The van der Waals surface area contributed by atoms with Crippen molar-refractivity contribution in [3.8, 4) is 0 Å². The zero-order valence-electron chi connectivity index (χ0n) is 7.73. The van der Waals surface area contributed by atoms with Gasteiger partial charge in [0, 0.05) is 0 Å². The van der Waals surface area contributed by atoms with Gasteiger partial charge in [0.1, 0.15) is 0 Å². The standard InChI is InChI=1S/C7H10N6O2/c8-5(14)3-10-7(15)4-1-2-6(11-9)13-12-4/h1-2H,3,9H2,(H2,8,14)(H,10,15)(H,11,13). The molecule has 0 aliphatic carbocycles. The third-order valence-corrected chi connectivity index (χ3v) is 1.47. The molecule has 0 bridgehead atoms. The lowest BCUT2D eigenvalue weighted by molar-refractivity contribution is -0.117. The first-order chi connectivity index (χ1) is 7.13. The number of nitrogens with one attached hydrogen (secondary N) is 2. The van der Waals surface area contributed by atoms with Crippen molar-refractivity contribution in [1.82, 2.24) is 15.5 Å². The number of hydrazine groups is 1. The summed E-state index contributed by atoms with van der Waals surface area (Å²) < 4.78 is 0. The Morgan fingerprint density at radius 3 is 2.53 bits per heavy atom. The summed E-state index contributed by atoms with van der Waals surface area (Å²) in [7, 11) is 0. The second-order valence-corrected chi connectivity index (χ2v) is 2.60. The Bertz CT molecular complexity index is 362. The molecule has 1 aromatic rings. The summed E-state index contributed by atoms with van der Waals surface area (Å²) in [6, 6.07) is 2.89. The Kier molecular flexibility index (Phi) is 3.52. The summed E-state index contributed by atoms with van der Waals surface area (Å²) in [5, 5.41) is 9.42. The van der Waals surface area contributed by atoms with Crippen LogP contribution in [0.3, 0.4) is 0 Å². The Balaban J connectivity index is 2.62. The van der Waals surface area contributed by atoms with E-state index in [0.717, 1.165) is 0 Å². The minimum atomic E-state index is -0.628. The molecule has 15 heavy (non-hydrogen) atoms. The highest BCUT2D eigenvalue weighted by Gasteiger charge is 2.08. The van der Waals surface area contributed by atoms with E-state index in [9.17, 15) is 9.59 Å². The first-order valence-corrected chi connectivity index (χ1v) is 4.00. The molecule has 0 fully saturated rings. The third kappa shape index (κ3) is 3.19. The summed E-state index contributed by atoms with van der Waals surface area (Å²) in [6.45, 7) is -0.239. The van der Waals surface area contributed by atoms with Gasteiger partial charge in [-0.25, -0.2) is 5.84 Å². The summed E-state index contributed by atoms with van der Waals surface area (Å²) in [4.78, 5) is 21.7. The van der Waals surface area contributed by atoms with Crippen molar-refractivity contribution in [2.24, 2.45) is 11.6 Å². The zero-order chi connectivity index (χ0) is 11.3. The molecule has 8 nitrogen and oxygen atoms in total. The van der Waals surface area contributed by atoms with Gasteiger partial charge in [-0.2, -0.15) is 0 Å². The average Bonchev–Trinajstić information content (AvgIpc) is 2.26. The maximum absolute atomic E-state index is 11.3. The van der Waals surface area contributed by atoms with Crippen LogP contribution in [0.5, 0.6) is 0 Å². The molecule has 0 saturated carbocycles. The van der Waals surface area contributed by atoms with Gasteiger partial charge in [-0.05, 0) is 12.1 Å². The smallest absolute Gasteiger partial charge is 0.272 e. The Labute approximate surface area is 85.0 Å². The highest BCUT2D eigenvalue weighted by Crippen LogP contribution is 1.99. The van der Waals surface area contributed by atoms with Gasteiger partial charge in [0.25, 0.3) is 5.91 Å². The summed E-state index contributed by atoms with van der Waals surface area (Å²) in [5.41, 5.74) is 7.19. The first kappa shape index (κ1) is 10.9. The fraction of sp³-hybridized carbons (Fsp3) is 0.143. The quantitative estimate of drug-likeness (QED) is 0.334. The van der Waals surface area contributed by atoms with Crippen LogP contribution >= 0.6 is 0 Å². The lowest BCUT2D eigenvalue weighted by Gasteiger charge is -2.01. The van der Waals surface area contributed by atoms with E-state index >= 15 is 0 Å². The summed E-state index contributed by atoms with van der Waals surface area (Å²) in [5.74, 6) is 4.24. The van der Waals surface area contributed by atoms with Gasteiger partial charge in [-0.3, -0.25) is 9.59 Å². The zero-order valence-corrected chi connectivity index (χ0v) is 7.73. The Morgan fingerprint density at radius 2 is 2.07 bits per heavy atom. The molecule has 6 N–H and O–H groups in total. The van der Waals surface area contributed by atoms with E-state index in [1.165, 1.54) is 12.1 Å². The number of anilines is 1. The molecule has 0 atom stereocenters. The molecule has 0 radical (unpaired) electrons. The first-order valence-electron chi connectivity index (χ1n) is 4.00. The Morgan fingerprint density at radius 1 is 1.33 bits per heavy atom. The molecule has 0 saturated heterocycles. The van der Waals surface area contributed by atoms with Gasteiger partial charge in [-0.1, -0.05) is 0 Å². The predicted molar refractivity (Wildman–Crippen MR) is 51.4 cm³/mol. The molecule has 1 heterocycles. The van der Waals surface area contributed by atoms with Crippen LogP contribution in [0.1, 0.15) is 10.5 Å². The number of rotatable bonds is 4. The van der Waals surface area contributed by atoms with Crippen molar-refractivity contribution < 1.29 is 9.59 Å². The minimum Gasteiger partial charge on any atom is -0.368 e. The van der Waals surface area contributed by atoms with Crippen molar-refractivity contribution in [2.45, 2.75) is 0 Å². The lowest BCUT2D eigenvalue weighted by atomic mass is 10.3. The highest BCUT2D eigenvalue weighted by molar-refractivity contribution is 5.94. The molecule has 0 aromatic carbocycles. The minimum absolute atomic E-state index is 0.0789. The fourth-order valence-corrected chi connectivity index (χ4v) is 0.788. The number of carbonyl (C=O) groups is 2. The van der Waals surface area contributed by atoms with E-state index in [4.69, 9.17) is 11.6 Å². The van der Waals surface area contributed by atoms with E-state index < -0.39 is 11.8 Å². The fourth-order valence-electron chi connectivity index (χ4n) is 0.788. The number of hydrogen-bond acceptors (Lipinski definition) is 6. The monoisotopic (exact) mass is 210 g/mol. The maximum Gasteiger partial charge on any atom is 0.272 e. The predicted octanol–water partition coefficient (Wildman–Crippen LogP) is -2.02. The van der Waals surface area contributed by atoms with E-state index in [1.807, 2.05) is 0 Å².